The highest BCUT2D eigenvalue weighted by molar-refractivity contribution is 5.74. The summed E-state index contributed by atoms with van der Waals surface area (Å²) in [6, 6.07) is 6.22. The van der Waals surface area contributed by atoms with E-state index in [1.807, 2.05) is 4.90 Å². The predicted octanol–water partition coefficient (Wildman–Crippen LogP) is 2.33. The second kappa shape index (κ2) is 8.33. The molecule has 0 spiro atoms. The van der Waals surface area contributed by atoms with Crippen LogP contribution in [-0.4, -0.2) is 61.7 Å². The van der Waals surface area contributed by atoms with E-state index in [9.17, 15) is 9.18 Å². The van der Waals surface area contributed by atoms with Crippen LogP contribution in [0.3, 0.4) is 0 Å². The van der Waals surface area contributed by atoms with Gasteiger partial charge < -0.3 is 15.0 Å². The van der Waals surface area contributed by atoms with Crippen LogP contribution in [0.2, 0.25) is 0 Å². The van der Waals surface area contributed by atoms with Crippen molar-refractivity contribution in [2.24, 2.45) is 5.92 Å². The van der Waals surface area contributed by atoms with Crippen LogP contribution in [0.5, 0.6) is 5.75 Å². The number of nitrogens with one attached hydrogen (secondary N) is 1. The Morgan fingerprint density at radius 3 is 2.62 bits per heavy atom. The summed E-state index contributed by atoms with van der Waals surface area (Å²) in [5, 5.41) is 2.84. The van der Waals surface area contributed by atoms with Crippen molar-refractivity contribution in [3.63, 3.8) is 0 Å². The first-order valence-electron chi connectivity index (χ1n) is 8.85. The minimum atomic E-state index is -0.383. The van der Waals surface area contributed by atoms with E-state index in [1.54, 1.807) is 18.2 Å². The van der Waals surface area contributed by atoms with Crippen molar-refractivity contribution in [2.45, 2.75) is 19.3 Å². The van der Waals surface area contributed by atoms with Gasteiger partial charge in [0.25, 0.3) is 0 Å². The topological polar surface area (TPSA) is 44.8 Å². The van der Waals surface area contributed by atoms with Gasteiger partial charge in [-0.2, -0.15) is 0 Å². The fourth-order valence-electron chi connectivity index (χ4n) is 3.17. The van der Waals surface area contributed by atoms with E-state index in [0.717, 1.165) is 32.1 Å². The van der Waals surface area contributed by atoms with Crippen molar-refractivity contribution < 1.29 is 13.9 Å². The van der Waals surface area contributed by atoms with E-state index in [0.29, 0.717) is 6.54 Å². The number of carbonyl (C=O) groups excluding carboxylic acids is 1. The summed E-state index contributed by atoms with van der Waals surface area (Å²) >= 11 is 0. The standard InChI is InChI=1S/C18H26FN3O2/c19-16-6-1-2-7-17(16)24-13-8-20-18(23)22-11-9-21(10-12-22)14-15-4-3-5-15/h1-2,6-7,15H,3-5,8-14H2,(H,20,23). The Bertz CT molecular complexity index is 543. The van der Waals surface area contributed by atoms with Gasteiger partial charge in [0.15, 0.2) is 11.6 Å². The molecule has 1 saturated heterocycles. The minimum absolute atomic E-state index is 0.0598. The lowest BCUT2D eigenvalue weighted by atomic mass is 9.85. The lowest BCUT2D eigenvalue weighted by molar-refractivity contribution is 0.110. The number of ether oxygens (including phenoxy) is 1. The molecule has 1 saturated carbocycles. The molecule has 0 unspecified atom stereocenters. The highest BCUT2D eigenvalue weighted by Crippen LogP contribution is 2.27. The molecule has 1 aromatic carbocycles. The molecular formula is C18H26FN3O2. The number of para-hydroxylation sites is 1. The smallest absolute Gasteiger partial charge is 0.317 e. The van der Waals surface area contributed by atoms with Crippen LogP contribution < -0.4 is 10.1 Å². The number of nitrogens with zero attached hydrogens (tertiary/aromatic N) is 2. The molecule has 132 valence electrons. The molecule has 0 aromatic heterocycles. The van der Waals surface area contributed by atoms with Crippen LogP contribution in [0.25, 0.3) is 0 Å². The molecule has 1 N–H and O–H groups in total. The van der Waals surface area contributed by atoms with Crippen LogP contribution >= 0.6 is 0 Å². The molecule has 2 fully saturated rings. The number of amides is 2. The molecular weight excluding hydrogens is 309 g/mol. The summed E-state index contributed by atoms with van der Waals surface area (Å²) in [5.74, 6) is 0.712. The second-order valence-corrected chi connectivity index (χ2v) is 6.60. The summed E-state index contributed by atoms with van der Waals surface area (Å²) in [6.45, 7) is 5.26. The fraction of sp³-hybridized carbons (Fsp3) is 0.611. The van der Waals surface area contributed by atoms with Crippen molar-refractivity contribution in [3.8, 4) is 5.75 Å². The van der Waals surface area contributed by atoms with Gasteiger partial charge in [-0.15, -0.1) is 0 Å². The third kappa shape index (κ3) is 4.60. The lowest BCUT2D eigenvalue weighted by Crippen LogP contribution is -2.53. The van der Waals surface area contributed by atoms with E-state index < -0.39 is 0 Å². The van der Waals surface area contributed by atoms with Crippen molar-refractivity contribution in [3.05, 3.63) is 30.1 Å². The number of benzene rings is 1. The van der Waals surface area contributed by atoms with Gasteiger partial charge in [0.1, 0.15) is 6.61 Å². The molecule has 0 bridgehead atoms. The molecule has 5 nitrogen and oxygen atoms in total. The van der Waals surface area contributed by atoms with E-state index in [1.165, 1.54) is 31.9 Å². The molecule has 3 rings (SSSR count). The number of hydrogen-bond acceptors (Lipinski definition) is 3. The minimum Gasteiger partial charge on any atom is -0.489 e. The Morgan fingerprint density at radius 2 is 1.96 bits per heavy atom. The Morgan fingerprint density at radius 1 is 1.21 bits per heavy atom. The Kier molecular flexibility index (Phi) is 5.91. The molecule has 2 amide bonds. The molecule has 1 heterocycles. The third-order valence-corrected chi connectivity index (χ3v) is 4.87. The highest BCUT2D eigenvalue weighted by atomic mass is 19.1. The van der Waals surface area contributed by atoms with Crippen LogP contribution in [0.15, 0.2) is 24.3 Å². The monoisotopic (exact) mass is 335 g/mol. The van der Waals surface area contributed by atoms with E-state index in [-0.39, 0.29) is 24.2 Å². The quantitative estimate of drug-likeness (QED) is 0.812. The average molecular weight is 335 g/mol. The van der Waals surface area contributed by atoms with Gasteiger partial charge in [-0.3, -0.25) is 4.90 Å². The van der Waals surface area contributed by atoms with Crippen LogP contribution in [0, 0.1) is 11.7 Å². The molecule has 2 aliphatic rings. The largest absolute Gasteiger partial charge is 0.489 e. The maximum absolute atomic E-state index is 13.4. The zero-order chi connectivity index (χ0) is 16.8. The molecule has 0 radical (unpaired) electrons. The number of carbonyl (C=O) groups is 1. The molecule has 24 heavy (non-hydrogen) atoms. The van der Waals surface area contributed by atoms with Crippen molar-refractivity contribution in [2.75, 3.05) is 45.9 Å². The summed E-state index contributed by atoms with van der Waals surface area (Å²) < 4.78 is 18.7. The molecule has 0 atom stereocenters. The number of piperazine rings is 1. The van der Waals surface area contributed by atoms with Gasteiger partial charge in [0.05, 0.1) is 6.54 Å². The summed E-state index contributed by atoms with van der Waals surface area (Å²) in [4.78, 5) is 16.5. The first-order chi connectivity index (χ1) is 11.7. The van der Waals surface area contributed by atoms with Crippen molar-refractivity contribution in [1.82, 2.24) is 15.1 Å². The van der Waals surface area contributed by atoms with Crippen LogP contribution in [0.1, 0.15) is 19.3 Å². The van der Waals surface area contributed by atoms with Gasteiger partial charge in [0.2, 0.25) is 0 Å². The maximum Gasteiger partial charge on any atom is 0.317 e. The number of halogens is 1. The molecule has 1 aromatic rings. The Hall–Kier alpha value is -1.82. The van der Waals surface area contributed by atoms with E-state index >= 15 is 0 Å². The summed E-state index contributed by atoms with van der Waals surface area (Å²) in [5.41, 5.74) is 0. The van der Waals surface area contributed by atoms with Gasteiger partial charge >= 0.3 is 6.03 Å². The lowest BCUT2D eigenvalue weighted by Gasteiger charge is -2.38. The third-order valence-electron chi connectivity index (χ3n) is 4.87. The molecule has 1 aliphatic carbocycles. The zero-order valence-corrected chi connectivity index (χ0v) is 14.0. The van der Waals surface area contributed by atoms with Crippen LogP contribution in [0.4, 0.5) is 9.18 Å². The average Bonchev–Trinajstić information content (AvgIpc) is 2.57. The van der Waals surface area contributed by atoms with E-state index in [4.69, 9.17) is 4.74 Å². The summed E-state index contributed by atoms with van der Waals surface area (Å²) in [7, 11) is 0. The van der Waals surface area contributed by atoms with E-state index in [2.05, 4.69) is 10.2 Å². The SMILES string of the molecule is O=C(NCCOc1ccccc1F)N1CCN(CC2CCC2)CC1. The maximum atomic E-state index is 13.4. The normalized spacial score (nSPS) is 19.0. The van der Waals surface area contributed by atoms with Crippen LogP contribution in [-0.2, 0) is 0 Å². The Labute approximate surface area is 142 Å². The first kappa shape index (κ1) is 17.0. The van der Waals surface area contributed by atoms with Gasteiger partial charge in [-0.05, 0) is 30.9 Å². The number of hydrogen-bond donors (Lipinski definition) is 1. The second-order valence-electron chi connectivity index (χ2n) is 6.60. The van der Waals surface area contributed by atoms with Crippen molar-refractivity contribution in [1.29, 1.82) is 0 Å². The molecule has 1 aliphatic heterocycles. The van der Waals surface area contributed by atoms with Gasteiger partial charge in [-0.25, -0.2) is 9.18 Å². The number of rotatable bonds is 6. The summed E-state index contributed by atoms with van der Waals surface area (Å²) in [6.07, 6.45) is 4.10. The highest BCUT2D eigenvalue weighted by Gasteiger charge is 2.25. The first-order valence-corrected chi connectivity index (χ1v) is 8.85. The Balaban J connectivity index is 1.30. The predicted molar refractivity (Wildman–Crippen MR) is 90.6 cm³/mol. The van der Waals surface area contributed by atoms with Crippen molar-refractivity contribution >= 4 is 6.03 Å². The number of urea groups is 1. The molecule has 6 heteroatoms. The zero-order valence-electron chi connectivity index (χ0n) is 14.0. The van der Waals surface area contributed by atoms with Gasteiger partial charge in [0, 0.05) is 32.7 Å². The fourth-order valence-corrected chi connectivity index (χ4v) is 3.17. The van der Waals surface area contributed by atoms with Gasteiger partial charge in [-0.1, -0.05) is 18.6 Å².